The van der Waals surface area contributed by atoms with Crippen molar-refractivity contribution in [3.63, 3.8) is 0 Å². The Kier molecular flexibility index (Phi) is 9.22. The molecule has 0 aromatic heterocycles. The van der Waals surface area contributed by atoms with Gasteiger partial charge in [-0.15, -0.1) is 0 Å². The number of likely N-dealkylation sites (tertiary alicyclic amines) is 1. The van der Waals surface area contributed by atoms with Crippen molar-refractivity contribution in [3.05, 3.63) is 76.9 Å². The van der Waals surface area contributed by atoms with Gasteiger partial charge in [0.1, 0.15) is 11.8 Å². The van der Waals surface area contributed by atoms with E-state index in [4.69, 9.17) is 0 Å². The molecule has 1 fully saturated rings. The third-order valence-corrected chi connectivity index (χ3v) is 6.69. The van der Waals surface area contributed by atoms with E-state index in [9.17, 15) is 33.4 Å². The zero-order valence-corrected chi connectivity index (χ0v) is 21.6. The van der Waals surface area contributed by atoms with E-state index in [1.54, 1.807) is 57.2 Å². The van der Waals surface area contributed by atoms with Gasteiger partial charge in [0.25, 0.3) is 17.7 Å². The van der Waals surface area contributed by atoms with Gasteiger partial charge in [-0.05, 0) is 44.9 Å². The summed E-state index contributed by atoms with van der Waals surface area (Å²) in [6, 6.07) is 10.4. The van der Waals surface area contributed by atoms with E-state index in [1.165, 1.54) is 18.2 Å². The number of hydrogen-bond acceptors (Lipinski definition) is 5. The van der Waals surface area contributed by atoms with Crippen LogP contribution in [0.2, 0.25) is 0 Å². The fraction of sp³-hybridized carbons (Fsp3) is 0.393. The highest BCUT2D eigenvalue weighted by Gasteiger charge is 2.51. The number of alkyl halides is 2. The molecule has 0 aliphatic carbocycles. The van der Waals surface area contributed by atoms with Crippen molar-refractivity contribution < 1.29 is 33.4 Å². The summed E-state index contributed by atoms with van der Waals surface area (Å²) in [5, 5.41) is 26.3. The predicted octanol–water partition coefficient (Wildman–Crippen LogP) is 2.72. The van der Waals surface area contributed by atoms with E-state index in [1.807, 2.05) is 0 Å². The molecule has 1 heterocycles. The number of aliphatic hydroxyl groups excluding tert-OH is 1. The van der Waals surface area contributed by atoms with Crippen molar-refractivity contribution in [1.82, 2.24) is 15.5 Å². The smallest absolute Gasteiger partial charge is 0.267 e. The molecule has 3 rings (SSSR count). The summed E-state index contributed by atoms with van der Waals surface area (Å²) in [4.78, 5) is 39.9. The van der Waals surface area contributed by atoms with Crippen LogP contribution in [0.3, 0.4) is 0 Å². The van der Waals surface area contributed by atoms with Crippen LogP contribution in [0.15, 0.2) is 60.2 Å². The van der Waals surface area contributed by atoms with E-state index in [2.05, 4.69) is 10.6 Å². The molecular formula is C28H33F2N3O5. The van der Waals surface area contributed by atoms with Crippen molar-refractivity contribution in [3.8, 4) is 5.75 Å². The number of aromatic hydroxyl groups is 1. The number of aliphatic hydroxyl groups is 1. The second kappa shape index (κ2) is 12.2. The average Bonchev–Trinajstić information content (AvgIpc) is 3.23. The maximum Gasteiger partial charge on any atom is 0.267 e. The fourth-order valence-electron chi connectivity index (χ4n) is 4.30. The minimum Gasteiger partial charge on any atom is -0.508 e. The summed E-state index contributed by atoms with van der Waals surface area (Å²) in [6.07, 6.45) is -1.01. The number of benzene rings is 2. The number of halogens is 2. The van der Waals surface area contributed by atoms with Crippen LogP contribution in [0.5, 0.6) is 5.75 Å². The summed E-state index contributed by atoms with van der Waals surface area (Å²) in [6.45, 7) is 4.19. The lowest BCUT2D eigenvalue weighted by Gasteiger charge is -2.30. The first-order valence-corrected chi connectivity index (χ1v) is 12.3. The molecule has 0 radical (unpaired) electrons. The molecule has 8 nitrogen and oxygen atoms in total. The second-order valence-electron chi connectivity index (χ2n) is 9.56. The minimum absolute atomic E-state index is 0.0128. The van der Waals surface area contributed by atoms with Crippen LogP contribution in [-0.4, -0.2) is 70.0 Å². The van der Waals surface area contributed by atoms with Gasteiger partial charge in [-0.1, -0.05) is 48.0 Å². The number of carbonyl (C=O) groups is 3. The highest BCUT2D eigenvalue weighted by atomic mass is 19.3. The number of hydrogen-bond donors (Lipinski definition) is 4. The van der Waals surface area contributed by atoms with Gasteiger partial charge in [-0.25, -0.2) is 8.78 Å². The third kappa shape index (κ3) is 6.95. The van der Waals surface area contributed by atoms with E-state index >= 15 is 0 Å². The number of rotatable bonds is 9. The monoisotopic (exact) mass is 529 g/mol. The molecule has 0 unspecified atom stereocenters. The maximum atomic E-state index is 14.4. The number of phenolic OH excluding ortho intramolecular Hbond substituents is 1. The average molecular weight is 530 g/mol. The van der Waals surface area contributed by atoms with Crippen LogP contribution in [0.25, 0.3) is 0 Å². The van der Waals surface area contributed by atoms with Gasteiger partial charge in [0, 0.05) is 24.1 Å². The number of amides is 3. The Balaban J connectivity index is 1.86. The summed E-state index contributed by atoms with van der Waals surface area (Å²) < 4.78 is 28.8. The van der Waals surface area contributed by atoms with Crippen LogP contribution in [0, 0.1) is 6.92 Å². The lowest BCUT2D eigenvalue weighted by atomic mass is 9.98. The molecule has 1 aliphatic rings. The Morgan fingerprint density at radius 1 is 1.16 bits per heavy atom. The number of carbonyl (C=O) groups excluding carboxylic acids is 3. The Hall–Kier alpha value is -3.79. The number of nitrogens with one attached hydrogen (secondary N) is 2. The highest BCUT2D eigenvalue weighted by molar-refractivity contribution is 5.97. The largest absolute Gasteiger partial charge is 0.508 e. The standard InChI is InChI=1S/C28H33F2N3O5/c1-4-17(2)15-31-26(37)22-14-28(29,30)16-33(22)27(38)24(35)21(13-19-9-6-5-7-10-19)32-25(36)20-11-8-12-23(34)18(20)3/h4-12,21-22,24,34-35H,13-16H2,1-3H3,(H,31,37)(H,32,36)/b17-4+/t21-,22-,24-/m0/s1. The summed E-state index contributed by atoms with van der Waals surface area (Å²) in [7, 11) is 0. The van der Waals surface area contributed by atoms with Crippen molar-refractivity contribution in [2.75, 3.05) is 13.1 Å². The van der Waals surface area contributed by atoms with Crippen LogP contribution in [0.4, 0.5) is 8.78 Å². The van der Waals surface area contributed by atoms with Crippen LogP contribution < -0.4 is 10.6 Å². The summed E-state index contributed by atoms with van der Waals surface area (Å²) >= 11 is 0. The molecule has 0 bridgehead atoms. The lowest BCUT2D eigenvalue weighted by Crippen LogP contribution is -2.56. The van der Waals surface area contributed by atoms with Crippen LogP contribution in [-0.2, 0) is 16.0 Å². The fourth-order valence-corrected chi connectivity index (χ4v) is 4.30. The zero-order valence-electron chi connectivity index (χ0n) is 21.6. The van der Waals surface area contributed by atoms with Crippen molar-refractivity contribution in [1.29, 1.82) is 0 Å². The molecule has 2 aromatic carbocycles. The molecule has 1 aliphatic heterocycles. The molecule has 204 valence electrons. The van der Waals surface area contributed by atoms with Crippen LogP contribution in [0.1, 0.15) is 41.8 Å². The first-order chi connectivity index (χ1) is 17.9. The Morgan fingerprint density at radius 2 is 1.84 bits per heavy atom. The minimum atomic E-state index is -3.32. The molecule has 0 spiro atoms. The molecule has 3 amide bonds. The highest BCUT2D eigenvalue weighted by Crippen LogP contribution is 2.33. The van der Waals surface area contributed by atoms with E-state index in [0.29, 0.717) is 16.0 Å². The van der Waals surface area contributed by atoms with E-state index in [0.717, 1.165) is 5.57 Å². The van der Waals surface area contributed by atoms with Crippen molar-refractivity contribution in [2.24, 2.45) is 0 Å². The summed E-state index contributed by atoms with van der Waals surface area (Å²) in [5.41, 5.74) is 1.93. The molecule has 0 saturated carbocycles. The molecule has 38 heavy (non-hydrogen) atoms. The molecular weight excluding hydrogens is 496 g/mol. The molecule has 2 aromatic rings. The van der Waals surface area contributed by atoms with Gasteiger partial charge in [0.15, 0.2) is 6.10 Å². The molecule has 1 saturated heterocycles. The first kappa shape index (κ1) is 28.8. The normalized spacial score (nSPS) is 18.5. The van der Waals surface area contributed by atoms with Crippen molar-refractivity contribution in [2.45, 2.75) is 57.7 Å². The SMILES string of the molecule is C/C=C(\C)CNC(=O)[C@@H]1CC(F)(F)CN1C(=O)[C@@H](O)[C@H](Cc1ccccc1)NC(=O)c1cccc(O)c1C. The van der Waals surface area contributed by atoms with Gasteiger partial charge in [-0.3, -0.25) is 14.4 Å². The van der Waals surface area contributed by atoms with Crippen molar-refractivity contribution >= 4 is 17.7 Å². The Bertz CT molecular complexity index is 1200. The third-order valence-electron chi connectivity index (χ3n) is 6.69. The summed E-state index contributed by atoms with van der Waals surface area (Å²) in [5.74, 6) is -5.91. The molecule has 10 heteroatoms. The quantitative estimate of drug-likeness (QED) is 0.373. The lowest BCUT2D eigenvalue weighted by molar-refractivity contribution is -0.147. The van der Waals surface area contributed by atoms with Gasteiger partial charge in [0.05, 0.1) is 12.6 Å². The zero-order chi connectivity index (χ0) is 28.0. The predicted molar refractivity (Wildman–Crippen MR) is 138 cm³/mol. The van der Waals surface area contributed by atoms with Gasteiger partial charge in [-0.2, -0.15) is 0 Å². The number of nitrogens with zero attached hydrogens (tertiary/aromatic N) is 1. The van der Waals surface area contributed by atoms with Gasteiger partial charge in [0.2, 0.25) is 5.91 Å². The van der Waals surface area contributed by atoms with Crippen LogP contribution >= 0.6 is 0 Å². The second-order valence-corrected chi connectivity index (χ2v) is 9.56. The van der Waals surface area contributed by atoms with E-state index < -0.39 is 54.8 Å². The Morgan fingerprint density at radius 3 is 2.50 bits per heavy atom. The first-order valence-electron chi connectivity index (χ1n) is 12.3. The van der Waals surface area contributed by atoms with E-state index in [-0.39, 0.29) is 24.3 Å². The van der Waals surface area contributed by atoms with Gasteiger partial charge < -0.3 is 25.7 Å². The maximum absolute atomic E-state index is 14.4. The number of phenols is 1. The Labute approximate surface area is 220 Å². The molecule has 3 atom stereocenters. The molecule has 4 N–H and O–H groups in total. The number of allylic oxidation sites excluding steroid dienone is 1. The topological polar surface area (TPSA) is 119 Å². The van der Waals surface area contributed by atoms with Gasteiger partial charge >= 0.3 is 0 Å².